The third kappa shape index (κ3) is 6.84. The Kier molecular flexibility index (Phi) is 8.19. The topological polar surface area (TPSA) is 84.5 Å². The van der Waals surface area contributed by atoms with Crippen molar-refractivity contribution in [2.45, 2.75) is 32.1 Å². The molecule has 0 aromatic heterocycles. The second-order valence-corrected chi connectivity index (χ2v) is 7.12. The summed E-state index contributed by atoms with van der Waals surface area (Å²) in [6.07, 6.45) is 5.91. The number of halogens is 2. The summed E-state index contributed by atoms with van der Waals surface area (Å²) in [5, 5.41) is 5.76. The average Bonchev–Trinajstić information content (AvgIpc) is 2.63. The molecule has 0 radical (unpaired) electrons. The van der Waals surface area contributed by atoms with Crippen LogP contribution < -0.4 is 10.6 Å². The van der Waals surface area contributed by atoms with Gasteiger partial charge in [0.05, 0.1) is 10.6 Å². The molecule has 2 rings (SSSR count). The lowest BCUT2D eigenvalue weighted by molar-refractivity contribution is -0.147. The summed E-state index contributed by atoms with van der Waals surface area (Å²) in [6, 6.07) is 4.42. The van der Waals surface area contributed by atoms with Crippen LogP contribution in [0.15, 0.2) is 18.2 Å². The summed E-state index contributed by atoms with van der Waals surface area (Å²) < 4.78 is 4.86. The van der Waals surface area contributed by atoms with Gasteiger partial charge in [-0.1, -0.05) is 42.5 Å². The maximum atomic E-state index is 12.0. The van der Waals surface area contributed by atoms with E-state index in [0.717, 1.165) is 12.8 Å². The minimum absolute atomic E-state index is 0.186. The SMILES string of the molecule is O=C(COC(=O)CNC(=O)c1ccc(Cl)cc1Cl)NCC1CCCCC1. The lowest BCUT2D eigenvalue weighted by atomic mass is 9.89. The molecule has 142 valence electrons. The average molecular weight is 401 g/mol. The molecule has 1 aromatic rings. The van der Waals surface area contributed by atoms with Gasteiger partial charge in [-0.3, -0.25) is 14.4 Å². The van der Waals surface area contributed by atoms with E-state index in [9.17, 15) is 14.4 Å². The van der Waals surface area contributed by atoms with Gasteiger partial charge in [0.1, 0.15) is 6.54 Å². The monoisotopic (exact) mass is 400 g/mol. The molecule has 0 atom stereocenters. The molecular weight excluding hydrogens is 379 g/mol. The molecule has 6 nitrogen and oxygen atoms in total. The largest absolute Gasteiger partial charge is 0.454 e. The van der Waals surface area contributed by atoms with Crippen LogP contribution in [-0.4, -0.2) is 37.5 Å². The van der Waals surface area contributed by atoms with Crippen molar-refractivity contribution in [1.29, 1.82) is 0 Å². The lowest BCUT2D eigenvalue weighted by Gasteiger charge is -2.21. The van der Waals surface area contributed by atoms with Crippen molar-refractivity contribution in [2.24, 2.45) is 5.92 Å². The number of carbonyl (C=O) groups is 3. The molecule has 1 saturated carbocycles. The van der Waals surface area contributed by atoms with Crippen molar-refractivity contribution < 1.29 is 19.1 Å². The number of benzene rings is 1. The number of rotatable bonds is 7. The van der Waals surface area contributed by atoms with Crippen LogP contribution in [0, 0.1) is 5.92 Å². The van der Waals surface area contributed by atoms with Crippen LogP contribution in [0.4, 0.5) is 0 Å². The van der Waals surface area contributed by atoms with Gasteiger partial charge < -0.3 is 15.4 Å². The number of carbonyl (C=O) groups excluding carboxylic acids is 3. The van der Waals surface area contributed by atoms with E-state index in [1.54, 1.807) is 0 Å². The summed E-state index contributed by atoms with van der Waals surface area (Å²) >= 11 is 11.7. The third-order valence-electron chi connectivity index (χ3n) is 4.25. The molecule has 1 aromatic carbocycles. The Morgan fingerprint density at radius 1 is 1.08 bits per heavy atom. The Hall–Kier alpha value is -1.79. The van der Waals surface area contributed by atoms with Crippen molar-refractivity contribution in [3.63, 3.8) is 0 Å². The Morgan fingerprint density at radius 3 is 2.50 bits per heavy atom. The first-order valence-electron chi connectivity index (χ1n) is 8.61. The Morgan fingerprint density at radius 2 is 1.81 bits per heavy atom. The van der Waals surface area contributed by atoms with Gasteiger partial charge in [0.15, 0.2) is 6.61 Å². The molecule has 2 N–H and O–H groups in total. The van der Waals surface area contributed by atoms with Crippen molar-refractivity contribution in [2.75, 3.05) is 19.7 Å². The molecule has 0 heterocycles. The molecule has 1 aliphatic rings. The van der Waals surface area contributed by atoms with E-state index < -0.39 is 11.9 Å². The zero-order valence-corrected chi connectivity index (χ0v) is 15.9. The standard InChI is InChI=1S/C18H22Cl2N2O4/c19-13-6-7-14(15(20)8-13)18(25)22-10-17(24)26-11-16(23)21-9-12-4-2-1-3-5-12/h6-8,12H,1-5,9-11H2,(H,21,23)(H,22,25). The van der Waals surface area contributed by atoms with Gasteiger partial charge >= 0.3 is 5.97 Å². The highest BCUT2D eigenvalue weighted by atomic mass is 35.5. The van der Waals surface area contributed by atoms with Crippen molar-refractivity contribution in [3.05, 3.63) is 33.8 Å². The summed E-state index contributed by atoms with van der Waals surface area (Å²) in [5.74, 6) is -1.05. The molecule has 1 fully saturated rings. The number of ether oxygens (including phenoxy) is 1. The number of nitrogens with one attached hydrogen (secondary N) is 2. The second-order valence-electron chi connectivity index (χ2n) is 6.28. The van der Waals surface area contributed by atoms with E-state index in [4.69, 9.17) is 27.9 Å². The van der Waals surface area contributed by atoms with Crippen LogP contribution >= 0.6 is 23.2 Å². The van der Waals surface area contributed by atoms with E-state index in [1.807, 2.05) is 0 Å². The summed E-state index contributed by atoms with van der Waals surface area (Å²) in [7, 11) is 0. The van der Waals surface area contributed by atoms with Gasteiger partial charge in [-0.05, 0) is 37.0 Å². The third-order valence-corrected chi connectivity index (χ3v) is 4.79. The fourth-order valence-electron chi connectivity index (χ4n) is 2.82. The van der Waals surface area contributed by atoms with Gasteiger partial charge in [-0.25, -0.2) is 0 Å². The molecule has 1 aliphatic carbocycles. The summed E-state index contributed by atoms with van der Waals surface area (Å²) in [4.78, 5) is 35.3. The van der Waals surface area contributed by atoms with Crippen LogP contribution in [0.5, 0.6) is 0 Å². The zero-order chi connectivity index (χ0) is 18.9. The van der Waals surface area contributed by atoms with E-state index >= 15 is 0 Å². The molecule has 0 unspecified atom stereocenters. The van der Waals surface area contributed by atoms with Crippen molar-refractivity contribution in [3.8, 4) is 0 Å². The van der Waals surface area contributed by atoms with Crippen LogP contribution in [0.3, 0.4) is 0 Å². The summed E-state index contributed by atoms with van der Waals surface area (Å²) in [6.45, 7) is -0.0982. The number of amides is 2. The maximum Gasteiger partial charge on any atom is 0.325 e. The molecule has 26 heavy (non-hydrogen) atoms. The van der Waals surface area contributed by atoms with E-state index in [2.05, 4.69) is 10.6 Å². The fourth-order valence-corrected chi connectivity index (χ4v) is 3.31. The molecule has 2 amide bonds. The molecule has 8 heteroatoms. The van der Waals surface area contributed by atoms with E-state index in [1.165, 1.54) is 37.5 Å². The molecule has 0 spiro atoms. The first-order chi connectivity index (χ1) is 12.5. The van der Waals surface area contributed by atoms with Gasteiger partial charge in [-0.15, -0.1) is 0 Å². The minimum Gasteiger partial charge on any atom is -0.454 e. The molecular formula is C18H22Cl2N2O4. The summed E-state index contributed by atoms with van der Waals surface area (Å²) in [5.41, 5.74) is 0.203. The van der Waals surface area contributed by atoms with E-state index in [-0.39, 0.29) is 29.6 Å². The predicted molar refractivity (Wildman–Crippen MR) is 99.3 cm³/mol. The normalized spacial score (nSPS) is 14.5. The van der Waals surface area contributed by atoms with Crippen LogP contribution in [0.25, 0.3) is 0 Å². The van der Waals surface area contributed by atoms with Crippen molar-refractivity contribution >= 4 is 41.0 Å². The van der Waals surface area contributed by atoms with E-state index in [0.29, 0.717) is 17.5 Å². The maximum absolute atomic E-state index is 12.0. The smallest absolute Gasteiger partial charge is 0.325 e. The minimum atomic E-state index is -0.698. The highest BCUT2D eigenvalue weighted by Gasteiger charge is 2.16. The van der Waals surface area contributed by atoms with Gasteiger partial charge in [0, 0.05) is 11.6 Å². The fraction of sp³-hybridized carbons (Fsp3) is 0.500. The number of hydrogen-bond acceptors (Lipinski definition) is 4. The molecule has 0 aliphatic heterocycles. The van der Waals surface area contributed by atoms with Crippen molar-refractivity contribution in [1.82, 2.24) is 10.6 Å². The molecule has 0 bridgehead atoms. The number of hydrogen-bond donors (Lipinski definition) is 2. The van der Waals surface area contributed by atoms with Crippen LogP contribution in [0.1, 0.15) is 42.5 Å². The first kappa shape index (κ1) is 20.5. The van der Waals surface area contributed by atoms with Gasteiger partial charge in [0.2, 0.25) is 0 Å². The highest BCUT2D eigenvalue weighted by molar-refractivity contribution is 6.36. The van der Waals surface area contributed by atoms with Gasteiger partial charge in [-0.2, -0.15) is 0 Å². The quantitative estimate of drug-likeness (QED) is 0.688. The zero-order valence-electron chi connectivity index (χ0n) is 14.4. The predicted octanol–water partition coefficient (Wildman–Crippen LogP) is 2.96. The second kappa shape index (κ2) is 10.4. The Balaban J connectivity index is 1.64. The molecule has 0 saturated heterocycles. The highest BCUT2D eigenvalue weighted by Crippen LogP contribution is 2.22. The van der Waals surface area contributed by atoms with Gasteiger partial charge in [0.25, 0.3) is 11.8 Å². The Bertz CT molecular complexity index is 661. The number of esters is 1. The lowest BCUT2D eigenvalue weighted by Crippen LogP contribution is -2.36. The van der Waals surface area contributed by atoms with Crippen LogP contribution in [-0.2, 0) is 14.3 Å². The Labute approximate surface area is 162 Å². The van der Waals surface area contributed by atoms with Crippen LogP contribution in [0.2, 0.25) is 10.0 Å². The first-order valence-corrected chi connectivity index (χ1v) is 9.37.